The molecule has 4 nitrogen and oxygen atoms in total. The summed E-state index contributed by atoms with van der Waals surface area (Å²) < 4.78 is 5.58. The van der Waals surface area contributed by atoms with Crippen molar-refractivity contribution in [2.45, 2.75) is 51.2 Å². The number of hydrogen-bond donors (Lipinski definition) is 2. The second kappa shape index (κ2) is 7.09. The number of amides is 1. The van der Waals surface area contributed by atoms with E-state index in [0.717, 1.165) is 25.9 Å². The van der Waals surface area contributed by atoms with Crippen LogP contribution in [0.4, 0.5) is 0 Å². The molecule has 5 heteroatoms. The van der Waals surface area contributed by atoms with Crippen molar-refractivity contribution in [1.82, 2.24) is 5.32 Å². The van der Waals surface area contributed by atoms with Gasteiger partial charge in [-0.15, -0.1) is 12.4 Å². The summed E-state index contributed by atoms with van der Waals surface area (Å²) in [6.07, 6.45) is 3.37. The van der Waals surface area contributed by atoms with E-state index in [2.05, 4.69) is 5.32 Å². The molecule has 0 aromatic rings. The summed E-state index contributed by atoms with van der Waals surface area (Å²) in [6, 6.07) is 0.0917. The Hall–Kier alpha value is -0.320. The fraction of sp³-hybridized carbons (Fsp3) is 0.909. The monoisotopic (exact) mass is 250 g/mol. The number of halogens is 1. The van der Waals surface area contributed by atoms with Crippen molar-refractivity contribution in [2.75, 3.05) is 13.2 Å². The zero-order valence-electron chi connectivity index (χ0n) is 10.1. The van der Waals surface area contributed by atoms with Crippen LogP contribution in [0.2, 0.25) is 0 Å². The number of rotatable bonds is 5. The molecule has 2 unspecified atom stereocenters. The molecule has 1 aliphatic heterocycles. The lowest BCUT2D eigenvalue weighted by Crippen LogP contribution is -2.40. The molecule has 1 saturated heterocycles. The van der Waals surface area contributed by atoms with Gasteiger partial charge < -0.3 is 15.8 Å². The van der Waals surface area contributed by atoms with Crippen LogP contribution in [0.1, 0.15) is 39.5 Å². The molecule has 0 aliphatic carbocycles. The Balaban J connectivity index is 0.00000225. The molecule has 1 fully saturated rings. The van der Waals surface area contributed by atoms with Crippen LogP contribution in [0.3, 0.4) is 0 Å². The van der Waals surface area contributed by atoms with Gasteiger partial charge in [-0.05, 0) is 33.1 Å². The highest BCUT2D eigenvalue weighted by Crippen LogP contribution is 2.23. The molecule has 0 saturated carbocycles. The molecule has 1 amide bonds. The Bertz CT molecular complexity index is 216. The number of ether oxygens (including phenoxy) is 1. The molecule has 0 bridgehead atoms. The maximum Gasteiger partial charge on any atom is 0.220 e. The molecule has 0 radical (unpaired) electrons. The normalized spacial score (nSPS) is 25.9. The average molecular weight is 251 g/mol. The predicted molar refractivity (Wildman–Crippen MR) is 66.7 cm³/mol. The fourth-order valence-electron chi connectivity index (χ4n) is 1.71. The summed E-state index contributed by atoms with van der Waals surface area (Å²) >= 11 is 0. The zero-order chi connectivity index (χ0) is 11.3. The lowest BCUT2D eigenvalue weighted by Gasteiger charge is -2.23. The van der Waals surface area contributed by atoms with Crippen molar-refractivity contribution in [1.29, 1.82) is 0 Å². The Labute approximate surface area is 104 Å². The van der Waals surface area contributed by atoms with Crippen LogP contribution < -0.4 is 11.1 Å². The first-order valence-electron chi connectivity index (χ1n) is 5.68. The Morgan fingerprint density at radius 1 is 1.62 bits per heavy atom. The van der Waals surface area contributed by atoms with E-state index in [1.165, 1.54) is 0 Å². The smallest absolute Gasteiger partial charge is 0.220 e. The zero-order valence-corrected chi connectivity index (χ0v) is 10.9. The van der Waals surface area contributed by atoms with E-state index >= 15 is 0 Å². The summed E-state index contributed by atoms with van der Waals surface area (Å²) in [5, 5.41) is 2.90. The van der Waals surface area contributed by atoms with Crippen LogP contribution >= 0.6 is 12.4 Å². The van der Waals surface area contributed by atoms with E-state index in [-0.39, 0.29) is 30.0 Å². The second-order valence-electron chi connectivity index (χ2n) is 4.69. The predicted octanol–water partition coefficient (Wildman–Crippen LogP) is 1.22. The van der Waals surface area contributed by atoms with Gasteiger partial charge in [0, 0.05) is 25.6 Å². The lowest BCUT2D eigenvalue weighted by atomic mass is 10.0. The Morgan fingerprint density at radius 3 is 2.81 bits per heavy atom. The van der Waals surface area contributed by atoms with Gasteiger partial charge in [0.1, 0.15) is 0 Å². The molecule has 0 aromatic carbocycles. The van der Waals surface area contributed by atoms with E-state index in [9.17, 15) is 4.79 Å². The fourth-order valence-corrected chi connectivity index (χ4v) is 1.71. The summed E-state index contributed by atoms with van der Waals surface area (Å²) in [6.45, 7) is 5.39. The highest BCUT2D eigenvalue weighted by atomic mass is 35.5. The maximum atomic E-state index is 11.4. The summed E-state index contributed by atoms with van der Waals surface area (Å²) in [7, 11) is 0. The van der Waals surface area contributed by atoms with E-state index in [1.807, 2.05) is 13.8 Å². The van der Waals surface area contributed by atoms with Gasteiger partial charge in [0.2, 0.25) is 5.91 Å². The largest absolute Gasteiger partial charge is 0.373 e. The van der Waals surface area contributed by atoms with Gasteiger partial charge in [-0.3, -0.25) is 4.79 Å². The topological polar surface area (TPSA) is 64.4 Å². The van der Waals surface area contributed by atoms with Crippen molar-refractivity contribution in [2.24, 2.45) is 5.73 Å². The first kappa shape index (κ1) is 15.7. The molecule has 96 valence electrons. The van der Waals surface area contributed by atoms with E-state index < -0.39 is 0 Å². The average Bonchev–Trinajstić information content (AvgIpc) is 2.60. The van der Waals surface area contributed by atoms with Crippen LogP contribution in [-0.4, -0.2) is 30.7 Å². The summed E-state index contributed by atoms with van der Waals surface area (Å²) in [4.78, 5) is 11.4. The number of nitrogens with one attached hydrogen (secondary N) is 1. The van der Waals surface area contributed by atoms with Crippen molar-refractivity contribution in [3.05, 3.63) is 0 Å². The molecule has 1 heterocycles. The minimum atomic E-state index is -0.149. The van der Waals surface area contributed by atoms with Gasteiger partial charge in [0.05, 0.1) is 5.60 Å². The third-order valence-corrected chi connectivity index (χ3v) is 2.79. The SMILES string of the molecule is CC(N)CCC(=O)NCC1(C)CCCO1.Cl. The summed E-state index contributed by atoms with van der Waals surface area (Å²) in [5.74, 6) is 0.0732. The van der Waals surface area contributed by atoms with Crippen LogP contribution in [0.5, 0.6) is 0 Å². The molecule has 2 atom stereocenters. The van der Waals surface area contributed by atoms with Gasteiger partial charge in [-0.25, -0.2) is 0 Å². The Morgan fingerprint density at radius 2 is 2.31 bits per heavy atom. The highest BCUT2D eigenvalue weighted by molar-refractivity contribution is 5.85. The number of hydrogen-bond acceptors (Lipinski definition) is 3. The number of carbonyl (C=O) groups is 1. The van der Waals surface area contributed by atoms with Crippen molar-refractivity contribution in [3.8, 4) is 0 Å². The molecular formula is C11H23ClN2O2. The molecule has 3 N–H and O–H groups in total. The van der Waals surface area contributed by atoms with Crippen LogP contribution in [-0.2, 0) is 9.53 Å². The summed E-state index contributed by atoms with van der Waals surface area (Å²) in [5.41, 5.74) is 5.43. The third-order valence-electron chi connectivity index (χ3n) is 2.79. The number of carbonyl (C=O) groups excluding carboxylic acids is 1. The van der Waals surface area contributed by atoms with E-state index in [4.69, 9.17) is 10.5 Å². The first-order valence-corrected chi connectivity index (χ1v) is 5.68. The minimum absolute atomic E-state index is 0. The highest BCUT2D eigenvalue weighted by Gasteiger charge is 2.29. The number of nitrogens with two attached hydrogens (primary N) is 1. The van der Waals surface area contributed by atoms with Gasteiger partial charge in [0.25, 0.3) is 0 Å². The quantitative estimate of drug-likeness (QED) is 0.771. The van der Waals surface area contributed by atoms with Crippen molar-refractivity contribution in [3.63, 3.8) is 0 Å². The lowest BCUT2D eigenvalue weighted by molar-refractivity contribution is -0.122. The molecule has 16 heavy (non-hydrogen) atoms. The minimum Gasteiger partial charge on any atom is -0.373 e. The molecule has 0 spiro atoms. The van der Waals surface area contributed by atoms with Gasteiger partial charge in [0.15, 0.2) is 0 Å². The van der Waals surface area contributed by atoms with E-state index in [0.29, 0.717) is 13.0 Å². The van der Waals surface area contributed by atoms with Crippen LogP contribution in [0.15, 0.2) is 0 Å². The first-order chi connectivity index (χ1) is 7.02. The molecule has 0 aromatic heterocycles. The van der Waals surface area contributed by atoms with Gasteiger partial charge in [-0.1, -0.05) is 0 Å². The standard InChI is InChI=1S/C11H22N2O2.ClH/c1-9(12)4-5-10(14)13-8-11(2)6-3-7-15-11;/h9H,3-8,12H2,1-2H3,(H,13,14);1H. The van der Waals surface area contributed by atoms with Gasteiger partial charge in [-0.2, -0.15) is 0 Å². The van der Waals surface area contributed by atoms with E-state index in [1.54, 1.807) is 0 Å². The van der Waals surface area contributed by atoms with Crippen molar-refractivity contribution >= 4 is 18.3 Å². The maximum absolute atomic E-state index is 11.4. The van der Waals surface area contributed by atoms with Crippen LogP contribution in [0.25, 0.3) is 0 Å². The van der Waals surface area contributed by atoms with Gasteiger partial charge >= 0.3 is 0 Å². The molecule has 1 aliphatic rings. The van der Waals surface area contributed by atoms with Crippen LogP contribution in [0, 0.1) is 0 Å². The Kier molecular flexibility index (Phi) is 6.95. The molecular weight excluding hydrogens is 228 g/mol. The molecule has 1 rings (SSSR count). The van der Waals surface area contributed by atoms with Crippen molar-refractivity contribution < 1.29 is 9.53 Å². The second-order valence-corrected chi connectivity index (χ2v) is 4.69. The third kappa shape index (κ3) is 5.68.